The summed E-state index contributed by atoms with van der Waals surface area (Å²) < 4.78 is 59.9. The summed E-state index contributed by atoms with van der Waals surface area (Å²) in [7, 11) is -8.00. The Morgan fingerprint density at radius 2 is 1.90 bits per heavy atom. The Morgan fingerprint density at radius 3 is 2.50 bits per heavy atom. The number of hydrogen-bond acceptors (Lipinski definition) is 6. The molecule has 1 atom stereocenters. The van der Waals surface area contributed by atoms with E-state index in [0.717, 1.165) is 17.2 Å². The highest BCUT2D eigenvalue weighted by Gasteiger charge is 2.42. The number of hydrogen-bond donors (Lipinski definition) is 1. The van der Waals surface area contributed by atoms with Crippen LogP contribution in [-0.4, -0.2) is 35.1 Å². The van der Waals surface area contributed by atoms with Gasteiger partial charge in [-0.2, -0.15) is 0 Å². The normalized spacial score (nSPS) is 18.5. The number of carbonyl (C=O) groups is 1. The van der Waals surface area contributed by atoms with E-state index in [1.54, 1.807) is 26.0 Å². The Bertz CT molecular complexity index is 1210. The third-order valence-electron chi connectivity index (χ3n) is 4.96. The molecule has 8 nitrogen and oxygen atoms in total. The molecule has 1 N–H and O–H groups in total. The van der Waals surface area contributed by atoms with Crippen molar-refractivity contribution in [1.29, 1.82) is 0 Å². The Hall–Kier alpha value is -2.59. The number of nitrogens with one attached hydrogen (secondary N) is 1. The van der Waals surface area contributed by atoms with E-state index in [4.69, 9.17) is 4.74 Å². The monoisotopic (exact) mass is 452 g/mol. The number of sulfonamides is 2. The second-order valence-corrected chi connectivity index (χ2v) is 10.7. The van der Waals surface area contributed by atoms with Gasteiger partial charge < -0.3 is 4.74 Å². The van der Waals surface area contributed by atoms with Crippen LogP contribution in [0.3, 0.4) is 0 Å². The molecular formula is C20H24N2O6S2. The van der Waals surface area contributed by atoms with E-state index in [0.29, 0.717) is 9.99 Å². The molecule has 0 aromatic heterocycles. The van der Waals surface area contributed by atoms with Crippen LogP contribution in [0.4, 0.5) is 11.4 Å². The van der Waals surface area contributed by atoms with Crippen LogP contribution in [0.1, 0.15) is 25.0 Å². The maximum absolute atomic E-state index is 13.2. The summed E-state index contributed by atoms with van der Waals surface area (Å²) in [5, 5.41) is 0. The summed E-state index contributed by atoms with van der Waals surface area (Å²) in [6, 6.07) is 9.13. The van der Waals surface area contributed by atoms with Crippen LogP contribution in [0.2, 0.25) is 0 Å². The van der Waals surface area contributed by atoms with Crippen LogP contribution in [0.5, 0.6) is 5.75 Å². The fourth-order valence-electron chi connectivity index (χ4n) is 3.26. The van der Waals surface area contributed by atoms with Crippen molar-refractivity contribution in [2.45, 2.75) is 32.6 Å². The summed E-state index contributed by atoms with van der Waals surface area (Å²) in [6.45, 7) is 7.10. The third kappa shape index (κ3) is 4.01. The maximum atomic E-state index is 13.2. The minimum absolute atomic E-state index is 0.0332. The number of carbonyl (C=O) groups excluding carboxylic acids is 1. The van der Waals surface area contributed by atoms with Crippen molar-refractivity contribution in [3.63, 3.8) is 0 Å². The van der Waals surface area contributed by atoms with Crippen molar-refractivity contribution < 1.29 is 26.4 Å². The predicted octanol–water partition coefficient (Wildman–Crippen LogP) is 2.82. The molecule has 30 heavy (non-hydrogen) atoms. The number of aryl methyl sites for hydroxylation is 1. The summed E-state index contributed by atoms with van der Waals surface area (Å²) in [6.07, 6.45) is 0. The van der Waals surface area contributed by atoms with Gasteiger partial charge in [-0.05, 0) is 56.2 Å². The number of nitrogens with zero attached hydrogens (tertiary/aromatic N) is 1. The SMILES string of the molecule is CCOc1ccc(N2C(=O)C(C)CS2(=O)=O)cc1S(=O)(=O)Nc1cccc(C)c1C. The lowest BCUT2D eigenvalue weighted by atomic mass is 10.1. The van der Waals surface area contributed by atoms with Crippen LogP contribution >= 0.6 is 0 Å². The first kappa shape index (κ1) is 22.1. The van der Waals surface area contributed by atoms with Crippen molar-refractivity contribution in [3.05, 3.63) is 47.5 Å². The zero-order valence-corrected chi connectivity index (χ0v) is 18.8. The summed E-state index contributed by atoms with van der Waals surface area (Å²) in [4.78, 5) is 12.2. The first-order chi connectivity index (χ1) is 14.0. The molecule has 1 saturated heterocycles. The molecule has 0 radical (unpaired) electrons. The first-order valence-electron chi connectivity index (χ1n) is 9.40. The van der Waals surface area contributed by atoms with Gasteiger partial charge in [-0.1, -0.05) is 19.1 Å². The topological polar surface area (TPSA) is 110 Å². The highest BCUT2D eigenvalue weighted by molar-refractivity contribution is 7.94. The van der Waals surface area contributed by atoms with Gasteiger partial charge in [0.25, 0.3) is 10.0 Å². The van der Waals surface area contributed by atoms with E-state index in [2.05, 4.69) is 4.72 Å². The molecule has 0 spiro atoms. The Labute approximate surface area is 177 Å². The average molecular weight is 453 g/mol. The van der Waals surface area contributed by atoms with Gasteiger partial charge >= 0.3 is 0 Å². The Balaban J connectivity index is 2.11. The summed E-state index contributed by atoms with van der Waals surface area (Å²) >= 11 is 0. The number of benzene rings is 2. The van der Waals surface area contributed by atoms with Crippen LogP contribution < -0.4 is 13.8 Å². The van der Waals surface area contributed by atoms with Gasteiger partial charge in [0, 0.05) is 0 Å². The van der Waals surface area contributed by atoms with Crippen LogP contribution in [0.25, 0.3) is 0 Å². The number of ether oxygens (including phenoxy) is 1. The molecule has 1 amide bonds. The minimum atomic E-state index is -4.13. The Morgan fingerprint density at radius 1 is 1.20 bits per heavy atom. The molecule has 162 valence electrons. The molecule has 3 rings (SSSR count). The largest absolute Gasteiger partial charge is 0.492 e. The predicted molar refractivity (Wildman–Crippen MR) is 115 cm³/mol. The van der Waals surface area contributed by atoms with Crippen molar-refractivity contribution in [2.24, 2.45) is 5.92 Å². The lowest BCUT2D eigenvalue weighted by Crippen LogP contribution is -2.30. The summed E-state index contributed by atoms with van der Waals surface area (Å²) in [5.41, 5.74) is 2.05. The van der Waals surface area contributed by atoms with Crippen molar-refractivity contribution >= 4 is 37.3 Å². The van der Waals surface area contributed by atoms with Gasteiger partial charge in [0.2, 0.25) is 15.9 Å². The zero-order valence-electron chi connectivity index (χ0n) is 17.2. The quantitative estimate of drug-likeness (QED) is 0.722. The molecule has 1 unspecified atom stereocenters. The molecule has 1 heterocycles. The van der Waals surface area contributed by atoms with Gasteiger partial charge in [0.1, 0.15) is 10.6 Å². The molecule has 10 heteroatoms. The number of rotatable bonds is 6. The molecular weight excluding hydrogens is 428 g/mol. The van der Waals surface area contributed by atoms with E-state index in [-0.39, 0.29) is 28.7 Å². The fraction of sp³-hybridized carbons (Fsp3) is 0.350. The van der Waals surface area contributed by atoms with E-state index < -0.39 is 31.9 Å². The second-order valence-electron chi connectivity index (χ2n) is 7.20. The Kier molecular flexibility index (Phi) is 5.83. The van der Waals surface area contributed by atoms with Gasteiger partial charge in [-0.25, -0.2) is 21.1 Å². The van der Waals surface area contributed by atoms with Gasteiger partial charge in [0.05, 0.1) is 29.7 Å². The van der Waals surface area contributed by atoms with Crippen LogP contribution in [0, 0.1) is 19.8 Å². The molecule has 1 aliphatic rings. The van der Waals surface area contributed by atoms with Crippen LogP contribution in [0.15, 0.2) is 41.3 Å². The average Bonchev–Trinajstić information content (AvgIpc) is 2.86. The molecule has 2 aromatic rings. The lowest BCUT2D eigenvalue weighted by Gasteiger charge is -2.19. The van der Waals surface area contributed by atoms with Gasteiger partial charge in [0.15, 0.2) is 0 Å². The van der Waals surface area contributed by atoms with Crippen molar-refractivity contribution in [2.75, 3.05) is 21.4 Å². The molecule has 1 aliphatic heterocycles. The highest BCUT2D eigenvalue weighted by atomic mass is 32.2. The standard InChI is InChI=1S/C20H24N2O6S2/c1-5-28-18-10-9-16(22-20(23)14(3)12-29(22,24)25)11-19(18)30(26,27)21-17-8-6-7-13(2)15(17)4/h6-11,14,21H,5,12H2,1-4H3. The van der Waals surface area contributed by atoms with Gasteiger partial charge in [-0.15, -0.1) is 0 Å². The number of amides is 1. The summed E-state index contributed by atoms with van der Waals surface area (Å²) in [5.74, 6) is -1.54. The minimum Gasteiger partial charge on any atom is -0.492 e. The zero-order chi connectivity index (χ0) is 22.3. The fourth-order valence-corrected chi connectivity index (χ4v) is 6.36. The first-order valence-corrected chi connectivity index (χ1v) is 12.5. The molecule has 0 aliphatic carbocycles. The third-order valence-corrected chi connectivity index (χ3v) is 8.22. The van der Waals surface area contributed by atoms with E-state index in [1.165, 1.54) is 19.1 Å². The number of anilines is 2. The van der Waals surface area contributed by atoms with E-state index >= 15 is 0 Å². The molecule has 1 fully saturated rings. The van der Waals surface area contributed by atoms with Gasteiger partial charge in [-0.3, -0.25) is 9.52 Å². The molecule has 0 bridgehead atoms. The van der Waals surface area contributed by atoms with Crippen LogP contribution in [-0.2, 0) is 24.8 Å². The molecule has 2 aromatic carbocycles. The maximum Gasteiger partial charge on any atom is 0.265 e. The lowest BCUT2D eigenvalue weighted by molar-refractivity contribution is -0.119. The molecule has 0 saturated carbocycles. The van der Waals surface area contributed by atoms with Crippen molar-refractivity contribution in [1.82, 2.24) is 0 Å². The second kappa shape index (κ2) is 7.92. The smallest absolute Gasteiger partial charge is 0.265 e. The highest BCUT2D eigenvalue weighted by Crippen LogP contribution is 2.35. The van der Waals surface area contributed by atoms with E-state index in [9.17, 15) is 21.6 Å². The van der Waals surface area contributed by atoms with E-state index in [1.807, 2.05) is 13.0 Å². The van der Waals surface area contributed by atoms with Crippen molar-refractivity contribution in [3.8, 4) is 5.75 Å².